The Morgan fingerprint density at radius 2 is 1.74 bits per heavy atom. The van der Waals surface area contributed by atoms with Gasteiger partial charge in [-0.15, -0.1) is 0 Å². The molecule has 11 nitrogen and oxygen atoms in total. The van der Waals surface area contributed by atoms with Crippen molar-refractivity contribution in [2.75, 3.05) is 22.1 Å². The zero-order valence-electron chi connectivity index (χ0n) is 26.9. The molecule has 0 atom stereocenters. The van der Waals surface area contributed by atoms with Crippen LogP contribution in [0.4, 0.5) is 21.4 Å². The highest BCUT2D eigenvalue weighted by atomic mass is 32.1. The van der Waals surface area contributed by atoms with Crippen LogP contribution < -0.4 is 20.3 Å². The minimum Gasteiger partial charge on any atom is -0.424 e. The SMILES string of the molecule is CC(C)Cc1cc(NC(=O)Nc2cnc(Oc3ccc(-c4cnc(N5CCCCC5=O)s4)cc3)nc2)n(-c2cccc(C(C)C)c2)n1. The molecular weight excluding hydrogens is 613 g/mol. The summed E-state index contributed by atoms with van der Waals surface area (Å²) >= 11 is 1.50. The van der Waals surface area contributed by atoms with E-state index in [2.05, 4.69) is 65.4 Å². The molecule has 0 bridgehead atoms. The number of hydrogen-bond donors (Lipinski definition) is 2. The van der Waals surface area contributed by atoms with Gasteiger partial charge in [-0.2, -0.15) is 5.10 Å². The van der Waals surface area contributed by atoms with Gasteiger partial charge >= 0.3 is 12.0 Å². The summed E-state index contributed by atoms with van der Waals surface area (Å²) in [7, 11) is 0. The van der Waals surface area contributed by atoms with E-state index in [9.17, 15) is 9.59 Å². The summed E-state index contributed by atoms with van der Waals surface area (Å²) in [5.41, 5.74) is 4.35. The minimum absolute atomic E-state index is 0.133. The number of anilines is 3. The number of urea groups is 1. The van der Waals surface area contributed by atoms with E-state index in [4.69, 9.17) is 9.84 Å². The lowest BCUT2D eigenvalue weighted by molar-refractivity contribution is -0.119. The molecule has 0 aliphatic carbocycles. The van der Waals surface area contributed by atoms with Crippen molar-refractivity contribution in [2.45, 2.75) is 59.3 Å². The number of hydrogen-bond acceptors (Lipinski definition) is 8. The van der Waals surface area contributed by atoms with Gasteiger partial charge in [-0.25, -0.2) is 24.4 Å². The number of carbonyl (C=O) groups excluding carboxylic acids is 2. The van der Waals surface area contributed by atoms with Crippen LogP contribution in [-0.2, 0) is 11.2 Å². The van der Waals surface area contributed by atoms with Crippen molar-refractivity contribution in [3.63, 3.8) is 0 Å². The van der Waals surface area contributed by atoms with Crippen LogP contribution in [0.1, 0.15) is 64.1 Å². The summed E-state index contributed by atoms with van der Waals surface area (Å²) in [5, 5.41) is 11.3. The highest BCUT2D eigenvalue weighted by Gasteiger charge is 2.22. The number of ether oxygens (including phenoxy) is 1. The molecule has 3 aromatic heterocycles. The Kier molecular flexibility index (Phi) is 9.58. The number of carbonyl (C=O) groups is 2. The van der Waals surface area contributed by atoms with E-state index in [1.165, 1.54) is 29.3 Å². The number of piperidine rings is 1. The summed E-state index contributed by atoms with van der Waals surface area (Å²) in [6.45, 7) is 9.29. The fraction of sp³-hybridized carbons (Fsp3) is 0.314. The summed E-state index contributed by atoms with van der Waals surface area (Å²) in [6.07, 6.45) is 8.08. The zero-order valence-corrected chi connectivity index (χ0v) is 27.8. The molecule has 1 aliphatic heterocycles. The van der Waals surface area contributed by atoms with Crippen molar-refractivity contribution in [3.05, 3.63) is 84.4 Å². The molecule has 1 fully saturated rings. The van der Waals surface area contributed by atoms with Crippen LogP contribution >= 0.6 is 11.3 Å². The van der Waals surface area contributed by atoms with E-state index in [0.29, 0.717) is 35.5 Å². The number of aromatic nitrogens is 5. The maximum absolute atomic E-state index is 13.0. The number of nitrogens with one attached hydrogen (secondary N) is 2. The normalized spacial score (nSPS) is 13.3. The molecule has 0 radical (unpaired) electrons. The third kappa shape index (κ3) is 7.83. The van der Waals surface area contributed by atoms with Crippen molar-refractivity contribution >= 4 is 39.9 Å². The van der Waals surface area contributed by atoms with Gasteiger partial charge in [0.2, 0.25) is 5.91 Å². The minimum atomic E-state index is -0.439. The molecule has 47 heavy (non-hydrogen) atoms. The van der Waals surface area contributed by atoms with Gasteiger partial charge in [0.15, 0.2) is 5.13 Å². The van der Waals surface area contributed by atoms with E-state index >= 15 is 0 Å². The van der Waals surface area contributed by atoms with Crippen molar-refractivity contribution in [1.82, 2.24) is 24.7 Å². The molecule has 5 aromatic rings. The Hall–Kier alpha value is -5.10. The lowest BCUT2D eigenvalue weighted by Crippen LogP contribution is -2.34. The third-order valence-corrected chi connectivity index (χ3v) is 8.75. The molecule has 2 N–H and O–H groups in total. The Bertz CT molecular complexity index is 1850. The lowest BCUT2D eigenvalue weighted by atomic mass is 10.0. The van der Waals surface area contributed by atoms with Crippen molar-refractivity contribution in [2.24, 2.45) is 5.92 Å². The number of thiazole rings is 1. The molecule has 6 rings (SSSR count). The van der Waals surface area contributed by atoms with E-state index < -0.39 is 6.03 Å². The van der Waals surface area contributed by atoms with Gasteiger partial charge in [0.05, 0.1) is 34.3 Å². The van der Waals surface area contributed by atoms with Gasteiger partial charge in [-0.1, -0.05) is 51.2 Å². The van der Waals surface area contributed by atoms with Crippen LogP contribution in [0, 0.1) is 5.92 Å². The Morgan fingerprint density at radius 3 is 2.47 bits per heavy atom. The quantitative estimate of drug-likeness (QED) is 0.157. The maximum Gasteiger partial charge on any atom is 0.324 e. The average molecular weight is 651 g/mol. The molecule has 4 heterocycles. The summed E-state index contributed by atoms with van der Waals surface area (Å²) < 4.78 is 7.61. The fourth-order valence-electron chi connectivity index (χ4n) is 5.29. The molecule has 2 aromatic carbocycles. The molecule has 0 unspecified atom stereocenters. The van der Waals surface area contributed by atoms with Gasteiger partial charge < -0.3 is 10.1 Å². The number of rotatable bonds is 10. The van der Waals surface area contributed by atoms with E-state index in [1.54, 1.807) is 15.8 Å². The third-order valence-electron chi connectivity index (χ3n) is 7.68. The first-order valence-electron chi connectivity index (χ1n) is 15.9. The smallest absolute Gasteiger partial charge is 0.324 e. The molecule has 1 saturated heterocycles. The number of nitrogens with zero attached hydrogens (tertiary/aromatic N) is 6. The number of amides is 3. The van der Waals surface area contributed by atoms with Crippen LogP contribution in [-0.4, -0.2) is 43.2 Å². The highest BCUT2D eigenvalue weighted by molar-refractivity contribution is 7.19. The zero-order chi connectivity index (χ0) is 32.9. The van der Waals surface area contributed by atoms with Crippen LogP contribution in [0.15, 0.2) is 73.2 Å². The van der Waals surface area contributed by atoms with Gasteiger partial charge in [0, 0.05) is 25.2 Å². The van der Waals surface area contributed by atoms with E-state index in [1.807, 2.05) is 42.5 Å². The number of benzene rings is 2. The average Bonchev–Trinajstić information content (AvgIpc) is 3.70. The predicted octanol–water partition coefficient (Wildman–Crippen LogP) is 8.06. The molecule has 0 saturated carbocycles. The summed E-state index contributed by atoms with van der Waals surface area (Å²) in [5.74, 6) is 2.05. The van der Waals surface area contributed by atoms with Gasteiger partial charge in [0.1, 0.15) is 11.6 Å². The first-order valence-corrected chi connectivity index (χ1v) is 16.7. The standard InChI is InChI=1S/C35H38N8O3S/c1-22(2)16-26-18-31(43(41-26)28-9-7-8-25(17-28)23(3)4)40-33(45)39-27-19-36-34(37-20-27)46-29-13-11-24(12-14-29)30-21-38-35(47-30)42-15-6-5-10-32(42)44/h7-9,11-14,17-23H,5-6,10,15-16H2,1-4H3,(H2,39,40,45). The highest BCUT2D eigenvalue weighted by Crippen LogP contribution is 2.34. The first kappa shape index (κ1) is 31.9. The molecule has 242 valence electrons. The van der Waals surface area contributed by atoms with Crippen molar-refractivity contribution in [3.8, 4) is 27.9 Å². The molecule has 0 spiro atoms. The van der Waals surface area contributed by atoms with Crippen LogP contribution in [0.2, 0.25) is 0 Å². The molecule has 12 heteroatoms. The van der Waals surface area contributed by atoms with Crippen molar-refractivity contribution < 1.29 is 14.3 Å². The predicted molar refractivity (Wildman–Crippen MR) is 185 cm³/mol. The Balaban J connectivity index is 1.08. The largest absolute Gasteiger partial charge is 0.424 e. The van der Waals surface area contributed by atoms with E-state index in [-0.39, 0.29) is 11.9 Å². The molecule has 3 amide bonds. The van der Waals surface area contributed by atoms with Gasteiger partial charge in [-0.05, 0) is 78.6 Å². The maximum atomic E-state index is 13.0. The first-order chi connectivity index (χ1) is 22.7. The molecule has 1 aliphatic rings. The topological polar surface area (TPSA) is 127 Å². The lowest BCUT2D eigenvalue weighted by Gasteiger charge is -2.23. The van der Waals surface area contributed by atoms with Crippen LogP contribution in [0.25, 0.3) is 16.1 Å². The van der Waals surface area contributed by atoms with Crippen LogP contribution in [0.3, 0.4) is 0 Å². The Morgan fingerprint density at radius 1 is 0.957 bits per heavy atom. The second kappa shape index (κ2) is 14.1. The second-order valence-corrected chi connectivity index (χ2v) is 13.3. The van der Waals surface area contributed by atoms with Gasteiger partial charge in [-0.3, -0.25) is 15.0 Å². The van der Waals surface area contributed by atoms with E-state index in [0.717, 1.165) is 52.8 Å². The summed E-state index contributed by atoms with van der Waals surface area (Å²) in [4.78, 5) is 41.1. The summed E-state index contributed by atoms with van der Waals surface area (Å²) in [6, 6.07) is 17.3. The second-order valence-electron chi connectivity index (χ2n) is 12.2. The van der Waals surface area contributed by atoms with Crippen molar-refractivity contribution in [1.29, 1.82) is 0 Å². The monoisotopic (exact) mass is 650 g/mol. The molecular formula is C35H38N8O3S. The van der Waals surface area contributed by atoms with Crippen LogP contribution in [0.5, 0.6) is 11.8 Å². The van der Waals surface area contributed by atoms with Gasteiger partial charge in [0.25, 0.3) is 0 Å². The fourth-order valence-corrected chi connectivity index (χ4v) is 6.25. The Labute approximate surface area is 278 Å².